The maximum absolute atomic E-state index is 13.2. The molecule has 182 valence electrons. The van der Waals surface area contributed by atoms with E-state index in [1.807, 2.05) is 6.92 Å². The number of terminal acetylenes is 1. The number of hydrogen-bond acceptors (Lipinski definition) is 5. The maximum atomic E-state index is 13.2. The standard InChI is InChI=1S/C26H22N4O4S2/c1-4-15-30-23-14-11-19(27-18(3)31)16-24(23)35-26(30)28-25(32)21-7-5-6-8-22(21)29-36(33,34)20-12-9-17(2)10-13-20/h1,5-14,16,29H,15H2,2-3H3,(H,27,31). The quantitative estimate of drug-likeness (QED) is 0.374. The molecule has 2 N–H and O–H groups in total. The minimum atomic E-state index is -3.92. The first-order valence-corrected chi connectivity index (χ1v) is 13.1. The number of aryl methyl sites for hydroxylation is 1. The third kappa shape index (κ3) is 5.38. The first kappa shape index (κ1) is 24.9. The number of carbonyl (C=O) groups excluding carboxylic acids is 2. The highest BCUT2D eigenvalue weighted by atomic mass is 32.2. The second kappa shape index (κ2) is 10.2. The Morgan fingerprint density at radius 3 is 2.50 bits per heavy atom. The SMILES string of the molecule is C#CCn1c(=NC(=O)c2ccccc2NS(=O)(=O)c2ccc(C)cc2)sc2cc(NC(C)=O)ccc21. The molecule has 4 rings (SSSR count). The molecule has 8 nitrogen and oxygen atoms in total. The monoisotopic (exact) mass is 518 g/mol. The van der Waals surface area contributed by atoms with Crippen LogP contribution in [-0.2, 0) is 21.4 Å². The molecular formula is C26H22N4O4S2. The summed E-state index contributed by atoms with van der Waals surface area (Å²) in [5.74, 6) is 1.73. The molecule has 0 saturated heterocycles. The number of carbonyl (C=O) groups is 2. The fourth-order valence-corrected chi connectivity index (χ4v) is 5.66. The van der Waals surface area contributed by atoms with Gasteiger partial charge in [0.15, 0.2) is 4.80 Å². The summed E-state index contributed by atoms with van der Waals surface area (Å²) >= 11 is 1.24. The highest BCUT2D eigenvalue weighted by Crippen LogP contribution is 2.24. The Morgan fingerprint density at radius 2 is 1.81 bits per heavy atom. The van der Waals surface area contributed by atoms with E-state index in [2.05, 4.69) is 21.0 Å². The van der Waals surface area contributed by atoms with E-state index in [0.29, 0.717) is 10.5 Å². The summed E-state index contributed by atoms with van der Waals surface area (Å²) in [6.45, 7) is 3.45. The highest BCUT2D eigenvalue weighted by molar-refractivity contribution is 7.92. The van der Waals surface area contributed by atoms with Gasteiger partial charge in [-0.05, 0) is 49.4 Å². The fourth-order valence-electron chi connectivity index (χ4n) is 3.51. The van der Waals surface area contributed by atoms with Crippen LogP contribution in [0.1, 0.15) is 22.8 Å². The molecule has 0 saturated carbocycles. The molecule has 0 radical (unpaired) electrons. The first-order chi connectivity index (χ1) is 17.2. The molecule has 4 aromatic rings. The number of para-hydroxylation sites is 1. The van der Waals surface area contributed by atoms with Gasteiger partial charge in [0.25, 0.3) is 15.9 Å². The van der Waals surface area contributed by atoms with Crippen LogP contribution in [0, 0.1) is 19.3 Å². The topological polar surface area (TPSA) is 110 Å². The normalized spacial score (nSPS) is 11.8. The Kier molecular flexibility index (Phi) is 7.05. The second-order valence-electron chi connectivity index (χ2n) is 7.92. The molecule has 1 aromatic heterocycles. The minimum absolute atomic E-state index is 0.0821. The van der Waals surface area contributed by atoms with Crippen molar-refractivity contribution >= 4 is 54.8 Å². The van der Waals surface area contributed by atoms with Gasteiger partial charge >= 0.3 is 0 Å². The Hall–Kier alpha value is -4.20. The van der Waals surface area contributed by atoms with Crippen molar-refractivity contribution in [1.82, 2.24) is 4.57 Å². The van der Waals surface area contributed by atoms with Crippen molar-refractivity contribution in [3.05, 3.63) is 82.7 Å². The van der Waals surface area contributed by atoms with Crippen molar-refractivity contribution in [2.75, 3.05) is 10.0 Å². The van der Waals surface area contributed by atoms with Crippen molar-refractivity contribution in [3.63, 3.8) is 0 Å². The van der Waals surface area contributed by atoms with Gasteiger partial charge in [-0.1, -0.05) is 47.1 Å². The van der Waals surface area contributed by atoms with Crippen LogP contribution in [0.25, 0.3) is 10.2 Å². The lowest BCUT2D eigenvalue weighted by molar-refractivity contribution is -0.114. The number of aromatic nitrogens is 1. The lowest BCUT2D eigenvalue weighted by Gasteiger charge is -2.11. The van der Waals surface area contributed by atoms with Gasteiger partial charge in [-0.3, -0.25) is 14.3 Å². The van der Waals surface area contributed by atoms with Gasteiger partial charge in [0.2, 0.25) is 5.91 Å². The first-order valence-electron chi connectivity index (χ1n) is 10.8. The number of nitrogens with zero attached hydrogens (tertiary/aromatic N) is 2. The number of fused-ring (bicyclic) bond motifs is 1. The minimum Gasteiger partial charge on any atom is -0.326 e. The number of rotatable bonds is 6. The molecule has 0 atom stereocenters. The van der Waals surface area contributed by atoms with E-state index in [9.17, 15) is 18.0 Å². The number of thiazole rings is 1. The van der Waals surface area contributed by atoms with Crippen LogP contribution in [0.2, 0.25) is 0 Å². The average Bonchev–Trinajstić information content (AvgIpc) is 3.15. The zero-order valence-corrected chi connectivity index (χ0v) is 21.1. The van der Waals surface area contributed by atoms with Crippen molar-refractivity contribution in [2.45, 2.75) is 25.3 Å². The molecule has 36 heavy (non-hydrogen) atoms. The Bertz CT molecular complexity index is 1690. The van der Waals surface area contributed by atoms with Crippen LogP contribution in [-0.4, -0.2) is 24.8 Å². The lowest BCUT2D eigenvalue weighted by atomic mass is 10.2. The smallest absolute Gasteiger partial charge is 0.281 e. The van der Waals surface area contributed by atoms with Gasteiger partial charge in [0.1, 0.15) is 0 Å². The number of amides is 2. The summed E-state index contributed by atoms with van der Waals surface area (Å²) in [4.78, 5) is 29.4. The van der Waals surface area contributed by atoms with Crippen LogP contribution in [0.5, 0.6) is 0 Å². The van der Waals surface area contributed by atoms with Crippen molar-refractivity contribution in [2.24, 2.45) is 4.99 Å². The number of anilines is 2. The molecule has 0 fully saturated rings. The molecule has 0 unspecified atom stereocenters. The van der Waals surface area contributed by atoms with Crippen molar-refractivity contribution in [1.29, 1.82) is 0 Å². The summed E-state index contributed by atoms with van der Waals surface area (Å²) in [6, 6.07) is 18.0. The molecular weight excluding hydrogens is 496 g/mol. The Labute approximate surface area is 212 Å². The van der Waals surface area contributed by atoms with Crippen molar-refractivity contribution in [3.8, 4) is 12.3 Å². The zero-order chi connectivity index (χ0) is 25.9. The number of nitrogens with one attached hydrogen (secondary N) is 2. The molecule has 2 amide bonds. The summed E-state index contributed by atoms with van der Waals surface area (Å²) < 4.78 is 30.8. The molecule has 1 heterocycles. The summed E-state index contributed by atoms with van der Waals surface area (Å²) in [7, 11) is -3.92. The van der Waals surface area contributed by atoms with Crippen LogP contribution in [0.3, 0.4) is 0 Å². The molecule has 0 spiro atoms. The Balaban J connectivity index is 1.74. The van der Waals surface area contributed by atoms with Gasteiger partial charge in [0, 0.05) is 12.6 Å². The van der Waals surface area contributed by atoms with Crippen LogP contribution >= 0.6 is 11.3 Å². The number of sulfonamides is 1. The lowest BCUT2D eigenvalue weighted by Crippen LogP contribution is -2.18. The van der Waals surface area contributed by atoms with Gasteiger partial charge in [-0.25, -0.2) is 8.42 Å². The summed E-state index contributed by atoms with van der Waals surface area (Å²) in [6.07, 6.45) is 5.55. The van der Waals surface area contributed by atoms with E-state index < -0.39 is 15.9 Å². The van der Waals surface area contributed by atoms with Gasteiger partial charge in [-0.2, -0.15) is 4.99 Å². The molecule has 10 heteroatoms. The van der Waals surface area contributed by atoms with E-state index in [1.54, 1.807) is 47.0 Å². The summed E-state index contributed by atoms with van der Waals surface area (Å²) in [5.41, 5.74) is 2.50. The molecule has 0 bridgehead atoms. The molecule has 3 aromatic carbocycles. The van der Waals surface area contributed by atoms with Crippen LogP contribution in [0.4, 0.5) is 11.4 Å². The molecule has 0 aliphatic rings. The third-order valence-electron chi connectivity index (χ3n) is 5.18. The van der Waals surface area contributed by atoms with E-state index in [0.717, 1.165) is 15.8 Å². The van der Waals surface area contributed by atoms with Crippen LogP contribution < -0.4 is 14.8 Å². The van der Waals surface area contributed by atoms with E-state index in [1.165, 1.54) is 42.5 Å². The van der Waals surface area contributed by atoms with E-state index >= 15 is 0 Å². The largest absolute Gasteiger partial charge is 0.326 e. The maximum Gasteiger partial charge on any atom is 0.281 e. The van der Waals surface area contributed by atoms with E-state index in [-0.39, 0.29) is 28.6 Å². The fraction of sp³-hybridized carbons (Fsp3) is 0.115. The second-order valence-corrected chi connectivity index (χ2v) is 10.6. The van der Waals surface area contributed by atoms with Gasteiger partial charge < -0.3 is 9.88 Å². The number of benzene rings is 3. The predicted molar refractivity (Wildman–Crippen MR) is 141 cm³/mol. The third-order valence-corrected chi connectivity index (χ3v) is 7.61. The average molecular weight is 519 g/mol. The van der Waals surface area contributed by atoms with E-state index in [4.69, 9.17) is 6.42 Å². The number of hydrogen-bond donors (Lipinski definition) is 2. The summed E-state index contributed by atoms with van der Waals surface area (Å²) in [5, 5.41) is 2.73. The Morgan fingerprint density at radius 1 is 1.08 bits per heavy atom. The predicted octanol–water partition coefficient (Wildman–Crippen LogP) is 4.14. The zero-order valence-electron chi connectivity index (χ0n) is 19.5. The van der Waals surface area contributed by atoms with Gasteiger partial charge in [0.05, 0.1) is 32.9 Å². The van der Waals surface area contributed by atoms with Crippen LogP contribution in [0.15, 0.2) is 76.6 Å². The molecule has 0 aliphatic carbocycles. The van der Waals surface area contributed by atoms with Crippen molar-refractivity contribution < 1.29 is 18.0 Å². The highest BCUT2D eigenvalue weighted by Gasteiger charge is 2.19. The molecule has 0 aliphatic heterocycles. The van der Waals surface area contributed by atoms with Gasteiger partial charge in [-0.15, -0.1) is 6.42 Å².